The lowest BCUT2D eigenvalue weighted by molar-refractivity contribution is -0.693. The minimum atomic E-state index is 0.380. The van der Waals surface area contributed by atoms with E-state index in [2.05, 4.69) is 149 Å². The molecule has 2 heterocycles. The normalized spacial score (nSPS) is 15.2. The van der Waals surface area contributed by atoms with Crippen molar-refractivity contribution in [1.29, 1.82) is 0 Å². The van der Waals surface area contributed by atoms with Gasteiger partial charge in [0.2, 0.25) is 0 Å². The third-order valence-electron chi connectivity index (χ3n) is 6.81. The van der Waals surface area contributed by atoms with Gasteiger partial charge in [0.1, 0.15) is 13.1 Å². The fourth-order valence-electron chi connectivity index (χ4n) is 4.40. The molecule has 1 atom stereocenters. The molecule has 4 nitrogen and oxygen atoms in total. The molecule has 0 bridgehead atoms. The molecular formula is C34H42N4S2+2. The van der Waals surface area contributed by atoms with E-state index in [1.54, 1.807) is 0 Å². The summed E-state index contributed by atoms with van der Waals surface area (Å²) in [6, 6.07) is 17.6. The predicted molar refractivity (Wildman–Crippen MR) is 176 cm³/mol. The van der Waals surface area contributed by atoms with Crippen LogP contribution in [0.25, 0.3) is 18.2 Å². The Kier molecular flexibility index (Phi) is 12.6. The Hall–Kier alpha value is -3.06. The van der Waals surface area contributed by atoms with Crippen LogP contribution >= 0.6 is 21.6 Å². The van der Waals surface area contributed by atoms with Gasteiger partial charge in [0, 0.05) is 60.6 Å². The van der Waals surface area contributed by atoms with E-state index in [0.717, 1.165) is 44.1 Å². The van der Waals surface area contributed by atoms with Crippen LogP contribution < -0.4 is 19.8 Å². The lowest BCUT2D eigenvalue weighted by Gasteiger charge is -2.21. The number of para-hydroxylation sites is 1. The monoisotopic (exact) mass is 570 g/mol. The fourth-order valence-corrected chi connectivity index (χ4v) is 6.23. The van der Waals surface area contributed by atoms with E-state index in [4.69, 9.17) is 0 Å². The molecule has 0 aliphatic heterocycles. The Balaban J connectivity index is 1.13. The van der Waals surface area contributed by atoms with Crippen molar-refractivity contribution in [1.82, 2.24) is 5.32 Å². The second-order valence-electron chi connectivity index (χ2n) is 9.59. The SMILES string of the molecule is CC[n+]1ccc(/C=C/C2=CC=CCC2NCCSSCCNc2ccccc2/C=C/c2cc[n+](CC)cc2)cc1. The van der Waals surface area contributed by atoms with E-state index in [1.165, 1.54) is 28.0 Å². The first kappa shape index (κ1) is 29.9. The summed E-state index contributed by atoms with van der Waals surface area (Å²) < 4.78 is 4.35. The van der Waals surface area contributed by atoms with Gasteiger partial charge in [-0.25, -0.2) is 9.13 Å². The third kappa shape index (κ3) is 9.84. The van der Waals surface area contributed by atoms with Crippen molar-refractivity contribution in [3.05, 3.63) is 120 Å². The van der Waals surface area contributed by atoms with Gasteiger partial charge >= 0.3 is 0 Å². The quantitative estimate of drug-likeness (QED) is 0.119. The minimum Gasteiger partial charge on any atom is -0.384 e. The Labute approximate surface area is 248 Å². The Morgan fingerprint density at radius 1 is 0.775 bits per heavy atom. The van der Waals surface area contributed by atoms with E-state index in [9.17, 15) is 0 Å². The Morgan fingerprint density at radius 3 is 2.08 bits per heavy atom. The number of nitrogens with one attached hydrogen (secondary N) is 2. The lowest BCUT2D eigenvalue weighted by atomic mass is 9.98. The standard InChI is InChI=1S/C34H41N4S2/c1-3-37-23-17-29(18-24-37)13-15-31-9-5-7-11-33(31)35-21-27-39-40-28-22-36-34-12-8-6-10-32(34)16-14-30-19-25-38(4-2)26-20-30/h5-11,13-20,23-26,34,36H,3-4,12,21-22,27-28H2,1-2H3/q+1/p+1/b16-14+. The van der Waals surface area contributed by atoms with Gasteiger partial charge in [0.25, 0.3) is 0 Å². The van der Waals surface area contributed by atoms with E-state index < -0.39 is 0 Å². The molecule has 0 spiro atoms. The number of benzene rings is 1. The minimum absolute atomic E-state index is 0.380. The summed E-state index contributed by atoms with van der Waals surface area (Å²) in [5, 5.41) is 7.37. The highest BCUT2D eigenvalue weighted by molar-refractivity contribution is 8.76. The number of anilines is 1. The first-order chi connectivity index (χ1) is 19.7. The lowest BCUT2D eigenvalue weighted by Crippen LogP contribution is -2.32. The van der Waals surface area contributed by atoms with Crippen LogP contribution in [-0.2, 0) is 13.1 Å². The summed E-state index contributed by atoms with van der Waals surface area (Å²) in [4.78, 5) is 0. The van der Waals surface area contributed by atoms with Crippen molar-refractivity contribution in [3.8, 4) is 0 Å². The second kappa shape index (κ2) is 16.9. The first-order valence-corrected chi connectivity index (χ1v) is 16.8. The van der Waals surface area contributed by atoms with Crippen molar-refractivity contribution in [2.75, 3.05) is 29.9 Å². The van der Waals surface area contributed by atoms with Crippen LogP contribution in [0.15, 0.2) is 103 Å². The molecule has 0 fully saturated rings. The van der Waals surface area contributed by atoms with Crippen molar-refractivity contribution in [3.63, 3.8) is 0 Å². The van der Waals surface area contributed by atoms with E-state index >= 15 is 0 Å². The molecule has 40 heavy (non-hydrogen) atoms. The second-order valence-corrected chi connectivity index (χ2v) is 12.3. The van der Waals surface area contributed by atoms with Crippen LogP contribution in [0.1, 0.15) is 37.0 Å². The van der Waals surface area contributed by atoms with Gasteiger partial charge in [-0.05, 0) is 48.6 Å². The fraction of sp³-hybridized carbons (Fsp3) is 0.294. The molecule has 3 aromatic rings. The van der Waals surface area contributed by atoms with Crippen molar-refractivity contribution >= 4 is 45.5 Å². The highest BCUT2D eigenvalue weighted by Gasteiger charge is 2.12. The molecule has 1 aromatic carbocycles. The van der Waals surface area contributed by atoms with Crippen LogP contribution in [-0.4, -0.2) is 30.6 Å². The number of hydrogen-bond acceptors (Lipinski definition) is 4. The molecule has 0 saturated heterocycles. The summed E-state index contributed by atoms with van der Waals surface area (Å²) in [6.45, 7) is 8.25. The number of aromatic nitrogens is 2. The topological polar surface area (TPSA) is 31.8 Å². The van der Waals surface area contributed by atoms with Gasteiger partial charge in [-0.3, -0.25) is 0 Å². The summed E-state index contributed by atoms with van der Waals surface area (Å²) in [7, 11) is 3.89. The number of allylic oxidation sites excluding steroid dienone is 2. The Bertz CT molecular complexity index is 1290. The Morgan fingerprint density at radius 2 is 1.40 bits per heavy atom. The van der Waals surface area contributed by atoms with Gasteiger partial charge in [-0.1, -0.05) is 82.3 Å². The molecule has 0 saturated carbocycles. The molecular weight excluding hydrogens is 529 g/mol. The van der Waals surface area contributed by atoms with E-state index in [0.29, 0.717) is 6.04 Å². The van der Waals surface area contributed by atoms with Crippen molar-refractivity contribution in [2.45, 2.75) is 39.4 Å². The molecule has 1 aliphatic carbocycles. The van der Waals surface area contributed by atoms with E-state index in [1.807, 2.05) is 21.6 Å². The zero-order valence-electron chi connectivity index (χ0n) is 23.7. The highest BCUT2D eigenvalue weighted by Crippen LogP contribution is 2.23. The maximum atomic E-state index is 3.75. The molecule has 208 valence electrons. The average Bonchev–Trinajstić information content (AvgIpc) is 3.01. The van der Waals surface area contributed by atoms with Gasteiger partial charge in [0.05, 0.1) is 0 Å². The molecule has 2 aromatic heterocycles. The number of aryl methyl sites for hydroxylation is 2. The molecule has 1 unspecified atom stereocenters. The van der Waals surface area contributed by atoms with Gasteiger partial charge in [0.15, 0.2) is 24.8 Å². The molecule has 6 heteroatoms. The van der Waals surface area contributed by atoms with Gasteiger partial charge in [-0.2, -0.15) is 0 Å². The smallest absolute Gasteiger partial charge is 0.169 e. The number of hydrogen-bond donors (Lipinski definition) is 2. The number of rotatable bonds is 15. The molecule has 4 rings (SSSR count). The predicted octanol–water partition coefficient (Wildman–Crippen LogP) is 6.82. The summed E-state index contributed by atoms with van der Waals surface area (Å²) in [5.41, 5.74) is 6.19. The van der Waals surface area contributed by atoms with Crippen LogP contribution in [0.5, 0.6) is 0 Å². The van der Waals surface area contributed by atoms with Crippen LogP contribution in [0.4, 0.5) is 5.69 Å². The average molecular weight is 571 g/mol. The number of pyridine rings is 2. The van der Waals surface area contributed by atoms with Gasteiger partial charge < -0.3 is 10.6 Å². The first-order valence-electron chi connectivity index (χ1n) is 14.3. The molecule has 2 N–H and O–H groups in total. The van der Waals surface area contributed by atoms with E-state index in [-0.39, 0.29) is 0 Å². The molecule has 1 aliphatic rings. The zero-order valence-corrected chi connectivity index (χ0v) is 25.3. The molecule has 0 radical (unpaired) electrons. The van der Waals surface area contributed by atoms with Crippen molar-refractivity contribution in [2.24, 2.45) is 0 Å². The molecule has 0 amide bonds. The zero-order chi connectivity index (χ0) is 27.8. The highest BCUT2D eigenvalue weighted by atomic mass is 33.1. The van der Waals surface area contributed by atoms with Crippen LogP contribution in [0, 0.1) is 0 Å². The maximum absolute atomic E-state index is 3.75. The van der Waals surface area contributed by atoms with Crippen LogP contribution in [0.2, 0.25) is 0 Å². The maximum Gasteiger partial charge on any atom is 0.169 e. The summed E-state index contributed by atoms with van der Waals surface area (Å²) in [6.07, 6.45) is 25.1. The summed E-state index contributed by atoms with van der Waals surface area (Å²) in [5.74, 6) is 2.15. The third-order valence-corrected chi connectivity index (χ3v) is 9.22. The van der Waals surface area contributed by atoms with Crippen LogP contribution in [0.3, 0.4) is 0 Å². The van der Waals surface area contributed by atoms with Crippen molar-refractivity contribution < 1.29 is 9.13 Å². The largest absolute Gasteiger partial charge is 0.384 e. The van der Waals surface area contributed by atoms with Gasteiger partial charge in [-0.15, -0.1) is 0 Å². The number of nitrogens with zero attached hydrogens (tertiary/aromatic N) is 2. The summed E-state index contributed by atoms with van der Waals surface area (Å²) >= 11 is 0.